The number of hydrogen-bond acceptors (Lipinski definition) is 5. The van der Waals surface area contributed by atoms with Crippen molar-refractivity contribution < 1.29 is 18.9 Å². The van der Waals surface area contributed by atoms with Crippen LogP contribution in [0.1, 0.15) is 20.8 Å². The van der Waals surface area contributed by atoms with Crippen molar-refractivity contribution in [3.05, 3.63) is 11.4 Å². The minimum absolute atomic E-state index is 0.274. The molecule has 0 amide bonds. The van der Waals surface area contributed by atoms with E-state index in [4.69, 9.17) is 18.9 Å². The van der Waals surface area contributed by atoms with Gasteiger partial charge in [-0.25, -0.2) is 0 Å². The summed E-state index contributed by atoms with van der Waals surface area (Å²) in [6.45, 7) is 6.23. The van der Waals surface area contributed by atoms with Crippen molar-refractivity contribution >= 4 is 11.3 Å². The van der Waals surface area contributed by atoms with Gasteiger partial charge in [-0.2, -0.15) is 0 Å². The quantitative estimate of drug-likeness (QED) is 0.693. The number of hydrogen-bond donors (Lipinski definition) is 0. The van der Waals surface area contributed by atoms with Crippen LogP contribution in [-0.2, 0) is 9.47 Å². The molecule has 4 nitrogen and oxygen atoms in total. The number of rotatable bonds is 7. The van der Waals surface area contributed by atoms with Crippen molar-refractivity contribution in [2.24, 2.45) is 0 Å². The van der Waals surface area contributed by atoms with Crippen LogP contribution in [0.4, 0.5) is 0 Å². The fourth-order valence-electron chi connectivity index (χ4n) is 1.10. The van der Waals surface area contributed by atoms with E-state index in [-0.39, 0.29) is 12.6 Å². The molecular weight excluding hydrogens is 228 g/mol. The van der Waals surface area contributed by atoms with Crippen LogP contribution in [0.5, 0.6) is 10.8 Å². The highest BCUT2D eigenvalue weighted by atomic mass is 32.1. The van der Waals surface area contributed by atoms with Gasteiger partial charge in [0.1, 0.15) is 0 Å². The summed E-state index contributed by atoms with van der Waals surface area (Å²) in [7, 11) is 1.60. The largest absolute Gasteiger partial charge is 0.460 e. The topological polar surface area (TPSA) is 36.9 Å². The summed E-state index contributed by atoms with van der Waals surface area (Å²) in [5, 5.41) is 2.62. The maximum atomic E-state index is 5.59. The molecule has 0 aromatic carbocycles. The lowest BCUT2D eigenvalue weighted by Gasteiger charge is -2.16. The second-order valence-corrected chi connectivity index (χ2v) is 4.01. The average molecular weight is 246 g/mol. The zero-order valence-electron chi connectivity index (χ0n) is 10.1. The molecule has 1 heterocycles. The van der Waals surface area contributed by atoms with Gasteiger partial charge in [0.25, 0.3) is 0 Å². The molecule has 1 aromatic heterocycles. The molecule has 0 saturated heterocycles. The van der Waals surface area contributed by atoms with Gasteiger partial charge >= 0.3 is 0 Å². The summed E-state index contributed by atoms with van der Waals surface area (Å²) in [4.78, 5) is 0. The van der Waals surface area contributed by atoms with E-state index in [1.165, 1.54) is 11.3 Å². The van der Waals surface area contributed by atoms with Gasteiger partial charge in [0, 0.05) is 13.7 Å². The van der Waals surface area contributed by atoms with Crippen molar-refractivity contribution in [1.29, 1.82) is 0 Å². The molecule has 0 bridgehead atoms. The van der Waals surface area contributed by atoms with Gasteiger partial charge in [0.15, 0.2) is 18.3 Å². The SMILES string of the molecule is CCOC(C)Oc1sccc1OC(C)OC. The highest BCUT2D eigenvalue weighted by molar-refractivity contribution is 7.12. The maximum absolute atomic E-state index is 5.59. The molecule has 2 unspecified atom stereocenters. The zero-order valence-corrected chi connectivity index (χ0v) is 10.9. The van der Waals surface area contributed by atoms with Crippen LogP contribution in [-0.4, -0.2) is 26.3 Å². The van der Waals surface area contributed by atoms with Crippen LogP contribution in [0, 0.1) is 0 Å². The highest BCUT2D eigenvalue weighted by Gasteiger charge is 2.13. The molecule has 0 aliphatic heterocycles. The van der Waals surface area contributed by atoms with E-state index in [0.717, 1.165) is 0 Å². The molecular formula is C11H18O4S. The first kappa shape index (κ1) is 13.3. The zero-order chi connectivity index (χ0) is 12.0. The Labute approximate surface area is 100 Å². The minimum atomic E-state index is -0.292. The first-order chi connectivity index (χ1) is 7.67. The van der Waals surface area contributed by atoms with Crippen LogP contribution in [0.25, 0.3) is 0 Å². The molecule has 2 atom stereocenters. The Bertz CT molecular complexity index is 300. The van der Waals surface area contributed by atoms with Crippen LogP contribution >= 0.6 is 11.3 Å². The van der Waals surface area contributed by atoms with Gasteiger partial charge in [-0.1, -0.05) is 0 Å². The van der Waals surface area contributed by atoms with Gasteiger partial charge < -0.3 is 18.9 Å². The monoisotopic (exact) mass is 246 g/mol. The molecule has 1 rings (SSSR count). The molecule has 16 heavy (non-hydrogen) atoms. The van der Waals surface area contributed by atoms with Gasteiger partial charge in [-0.15, -0.1) is 11.3 Å². The molecule has 0 spiro atoms. The average Bonchev–Trinajstić information content (AvgIpc) is 2.66. The summed E-state index contributed by atoms with van der Waals surface area (Å²) in [5.74, 6) is 0.686. The van der Waals surface area contributed by atoms with Crippen molar-refractivity contribution in [2.75, 3.05) is 13.7 Å². The normalized spacial score (nSPS) is 14.5. The number of thiophene rings is 1. The van der Waals surface area contributed by atoms with Gasteiger partial charge in [0.2, 0.25) is 5.06 Å². The van der Waals surface area contributed by atoms with E-state index in [9.17, 15) is 0 Å². The smallest absolute Gasteiger partial charge is 0.219 e. The second-order valence-electron chi connectivity index (χ2n) is 3.13. The van der Waals surface area contributed by atoms with Crippen LogP contribution in [0.2, 0.25) is 0 Å². The fourth-order valence-corrected chi connectivity index (χ4v) is 1.84. The van der Waals surface area contributed by atoms with Crippen molar-refractivity contribution in [3.8, 4) is 10.8 Å². The van der Waals surface area contributed by atoms with E-state index in [1.54, 1.807) is 7.11 Å². The summed E-state index contributed by atoms with van der Waals surface area (Å²) in [6.07, 6.45) is -0.566. The van der Waals surface area contributed by atoms with E-state index >= 15 is 0 Å². The molecule has 0 radical (unpaired) electrons. The van der Waals surface area contributed by atoms with Gasteiger partial charge in [-0.05, 0) is 32.2 Å². The summed E-state index contributed by atoms with van der Waals surface area (Å²) in [6, 6.07) is 1.86. The van der Waals surface area contributed by atoms with Crippen molar-refractivity contribution in [3.63, 3.8) is 0 Å². The molecule has 92 valence electrons. The molecule has 1 aromatic rings. The van der Waals surface area contributed by atoms with Gasteiger partial charge in [-0.3, -0.25) is 0 Å². The standard InChI is InChI=1S/C11H18O4S/c1-5-13-9(3)15-11-10(6-7-16-11)14-8(2)12-4/h6-9H,5H2,1-4H3. The van der Waals surface area contributed by atoms with Crippen molar-refractivity contribution in [2.45, 2.75) is 33.4 Å². The predicted molar refractivity (Wildman–Crippen MR) is 63.1 cm³/mol. The van der Waals surface area contributed by atoms with E-state index in [0.29, 0.717) is 17.4 Å². The summed E-state index contributed by atoms with van der Waals surface area (Å²) >= 11 is 1.47. The molecule has 0 aliphatic rings. The van der Waals surface area contributed by atoms with Crippen LogP contribution in [0.15, 0.2) is 11.4 Å². The first-order valence-corrected chi connectivity index (χ1v) is 6.10. The molecule has 5 heteroatoms. The Kier molecular flexibility index (Phi) is 5.59. The Morgan fingerprint density at radius 1 is 1.25 bits per heavy atom. The maximum Gasteiger partial charge on any atom is 0.219 e. The number of methoxy groups -OCH3 is 1. The lowest BCUT2D eigenvalue weighted by atomic mass is 10.5. The van der Waals surface area contributed by atoms with Crippen molar-refractivity contribution in [1.82, 2.24) is 0 Å². The third-order valence-corrected chi connectivity index (χ3v) is 2.68. The molecule has 0 aliphatic carbocycles. The second kappa shape index (κ2) is 6.73. The van der Waals surface area contributed by atoms with Crippen LogP contribution in [0.3, 0.4) is 0 Å². The lowest BCUT2D eigenvalue weighted by Crippen LogP contribution is -2.17. The summed E-state index contributed by atoms with van der Waals surface area (Å²) < 4.78 is 21.4. The Balaban J connectivity index is 2.56. The minimum Gasteiger partial charge on any atom is -0.460 e. The molecule has 0 fully saturated rings. The third-order valence-electron chi connectivity index (χ3n) is 1.89. The Morgan fingerprint density at radius 3 is 2.62 bits per heavy atom. The van der Waals surface area contributed by atoms with E-state index < -0.39 is 0 Å². The van der Waals surface area contributed by atoms with E-state index in [2.05, 4.69) is 0 Å². The molecule has 0 N–H and O–H groups in total. The third kappa shape index (κ3) is 4.00. The Morgan fingerprint density at radius 2 is 2.00 bits per heavy atom. The van der Waals surface area contributed by atoms with E-state index in [1.807, 2.05) is 32.2 Å². The van der Waals surface area contributed by atoms with Crippen LogP contribution < -0.4 is 9.47 Å². The lowest BCUT2D eigenvalue weighted by molar-refractivity contribution is -0.0673. The van der Waals surface area contributed by atoms with Gasteiger partial charge in [0.05, 0.1) is 0 Å². The summed E-state index contributed by atoms with van der Waals surface area (Å²) in [5.41, 5.74) is 0. The highest BCUT2D eigenvalue weighted by Crippen LogP contribution is 2.35. The Hall–Kier alpha value is -0.780. The molecule has 0 saturated carbocycles. The number of ether oxygens (including phenoxy) is 4. The predicted octanol–water partition coefficient (Wildman–Crippen LogP) is 2.88. The first-order valence-electron chi connectivity index (χ1n) is 5.22. The fraction of sp³-hybridized carbons (Fsp3) is 0.636.